The average molecular weight is 300 g/mol. The summed E-state index contributed by atoms with van der Waals surface area (Å²) in [4.78, 5) is 20.3. The Morgan fingerprint density at radius 1 is 1.45 bits per heavy atom. The molecule has 0 aliphatic heterocycles. The molecule has 0 saturated heterocycles. The molecular weight excluding hydrogens is 278 g/mol. The number of nitrogens with one attached hydrogen (secondary N) is 1. The van der Waals surface area contributed by atoms with Crippen molar-refractivity contribution in [2.45, 2.75) is 39.5 Å². The summed E-state index contributed by atoms with van der Waals surface area (Å²) in [6.45, 7) is 7.93. The molecule has 1 heterocycles. The third-order valence-electron chi connectivity index (χ3n) is 2.59. The fourth-order valence-corrected chi connectivity index (χ4v) is 1.70. The first-order valence-electron chi connectivity index (χ1n) is 6.94. The zero-order chi connectivity index (χ0) is 15.0. The summed E-state index contributed by atoms with van der Waals surface area (Å²) in [5, 5.41) is 3.06. The van der Waals surface area contributed by atoms with Gasteiger partial charge in [-0.2, -0.15) is 0 Å². The van der Waals surface area contributed by atoms with Crippen LogP contribution in [0.5, 0.6) is 0 Å². The van der Waals surface area contributed by atoms with Crippen LogP contribution < -0.4 is 5.32 Å². The Morgan fingerprint density at radius 2 is 2.20 bits per heavy atom. The highest BCUT2D eigenvalue weighted by molar-refractivity contribution is 6.33. The van der Waals surface area contributed by atoms with Gasteiger partial charge in [0.2, 0.25) is 0 Å². The Morgan fingerprint density at radius 3 is 2.85 bits per heavy atom. The van der Waals surface area contributed by atoms with E-state index in [1.807, 2.05) is 13.8 Å². The van der Waals surface area contributed by atoms with Crippen LogP contribution in [0.25, 0.3) is 0 Å². The highest BCUT2D eigenvalue weighted by Gasteiger charge is 2.14. The van der Waals surface area contributed by atoms with Crippen molar-refractivity contribution in [1.82, 2.24) is 15.3 Å². The summed E-state index contributed by atoms with van der Waals surface area (Å²) >= 11 is 5.97. The number of amides is 1. The van der Waals surface area contributed by atoms with E-state index < -0.39 is 0 Å². The van der Waals surface area contributed by atoms with Crippen molar-refractivity contribution in [2.24, 2.45) is 0 Å². The van der Waals surface area contributed by atoms with Gasteiger partial charge in [-0.3, -0.25) is 4.79 Å². The number of hydrogen-bond donors (Lipinski definition) is 1. The molecule has 1 amide bonds. The zero-order valence-corrected chi connectivity index (χ0v) is 13.0. The minimum atomic E-state index is -0.269. The second-order valence-corrected chi connectivity index (χ2v) is 5.21. The predicted molar refractivity (Wildman–Crippen MR) is 79.2 cm³/mol. The molecule has 0 aromatic carbocycles. The molecular formula is C14H22ClN3O2. The highest BCUT2D eigenvalue weighted by atomic mass is 35.5. The molecule has 0 fully saturated rings. The van der Waals surface area contributed by atoms with Crippen molar-refractivity contribution in [3.63, 3.8) is 0 Å². The minimum Gasteiger partial charge on any atom is -0.381 e. The van der Waals surface area contributed by atoms with Crippen LogP contribution in [0.1, 0.15) is 55.8 Å². The third-order valence-corrected chi connectivity index (χ3v) is 2.87. The van der Waals surface area contributed by atoms with Gasteiger partial charge in [0, 0.05) is 25.7 Å². The molecule has 0 saturated carbocycles. The van der Waals surface area contributed by atoms with E-state index in [1.165, 1.54) is 6.20 Å². The molecule has 5 nitrogen and oxygen atoms in total. The normalized spacial score (nSPS) is 10.8. The van der Waals surface area contributed by atoms with Gasteiger partial charge >= 0.3 is 0 Å². The Kier molecular flexibility index (Phi) is 7.47. The van der Waals surface area contributed by atoms with Gasteiger partial charge in [0.25, 0.3) is 5.91 Å². The maximum atomic E-state index is 12.0. The zero-order valence-electron chi connectivity index (χ0n) is 12.3. The molecule has 0 radical (unpaired) electrons. The van der Waals surface area contributed by atoms with E-state index in [2.05, 4.69) is 22.2 Å². The lowest BCUT2D eigenvalue weighted by Gasteiger charge is -2.09. The number of ether oxygens (including phenoxy) is 1. The van der Waals surface area contributed by atoms with E-state index in [0.29, 0.717) is 19.0 Å². The summed E-state index contributed by atoms with van der Waals surface area (Å²) < 4.78 is 5.34. The molecule has 0 atom stereocenters. The van der Waals surface area contributed by atoms with E-state index in [0.717, 1.165) is 19.4 Å². The quantitative estimate of drug-likeness (QED) is 0.750. The maximum Gasteiger partial charge on any atom is 0.271 e. The van der Waals surface area contributed by atoms with Crippen LogP contribution in [0.15, 0.2) is 6.20 Å². The van der Waals surface area contributed by atoms with Crippen LogP contribution in [0.3, 0.4) is 0 Å². The molecule has 0 aliphatic rings. The summed E-state index contributed by atoms with van der Waals surface area (Å²) in [5.74, 6) is 0.502. The molecule has 0 spiro atoms. The fourth-order valence-electron chi connectivity index (χ4n) is 1.52. The van der Waals surface area contributed by atoms with Crippen molar-refractivity contribution in [1.29, 1.82) is 0 Å². The van der Waals surface area contributed by atoms with Gasteiger partial charge in [0.1, 0.15) is 11.5 Å². The lowest BCUT2D eigenvalue weighted by Crippen LogP contribution is -2.27. The Hall–Kier alpha value is -1.20. The molecule has 1 rings (SSSR count). The Bertz CT molecular complexity index is 438. The van der Waals surface area contributed by atoms with Gasteiger partial charge in [-0.1, -0.05) is 32.4 Å². The van der Waals surface area contributed by atoms with Gasteiger partial charge in [-0.25, -0.2) is 9.97 Å². The first-order chi connectivity index (χ1) is 9.56. The summed E-state index contributed by atoms with van der Waals surface area (Å²) in [5.41, 5.74) is 0.236. The van der Waals surface area contributed by atoms with E-state index in [9.17, 15) is 4.79 Å². The van der Waals surface area contributed by atoms with Gasteiger partial charge in [0.05, 0.1) is 11.2 Å². The number of rotatable bonds is 8. The van der Waals surface area contributed by atoms with Crippen molar-refractivity contribution < 1.29 is 9.53 Å². The van der Waals surface area contributed by atoms with Gasteiger partial charge < -0.3 is 10.1 Å². The standard InChI is InChI=1S/C14H22ClN3O2/c1-4-7-20-8-5-6-16-14(19)12-11(15)9-17-13(18-12)10(2)3/h9-10H,4-8H2,1-3H3,(H,16,19). The fraction of sp³-hybridized carbons (Fsp3) is 0.643. The second kappa shape index (κ2) is 8.87. The number of carbonyl (C=O) groups is 1. The van der Waals surface area contributed by atoms with Crippen molar-refractivity contribution in [2.75, 3.05) is 19.8 Å². The monoisotopic (exact) mass is 299 g/mol. The number of aromatic nitrogens is 2. The molecule has 112 valence electrons. The Balaban J connectivity index is 2.48. The number of nitrogens with zero attached hydrogens (tertiary/aromatic N) is 2. The van der Waals surface area contributed by atoms with E-state index >= 15 is 0 Å². The molecule has 6 heteroatoms. The first kappa shape index (κ1) is 16.9. The molecule has 0 bridgehead atoms. The van der Waals surface area contributed by atoms with Crippen LogP contribution in [0, 0.1) is 0 Å². The average Bonchev–Trinajstić information content (AvgIpc) is 2.42. The van der Waals surface area contributed by atoms with Crippen LogP contribution in [-0.4, -0.2) is 35.6 Å². The Labute approximate surface area is 125 Å². The maximum absolute atomic E-state index is 12.0. The van der Waals surface area contributed by atoms with E-state index in [4.69, 9.17) is 16.3 Å². The molecule has 1 aromatic heterocycles. The second-order valence-electron chi connectivity index (χ2n) is 4.80. The molecule has 20 heavy (non-hydrogen) atoms. The third kappa shape index (κ3) is 5.43. The predicted octanol–water partition coefficient (Wildman–Crippen LogP) is 2.80. The lowest BCUT2D eigenvalue weighted by atomic mass is 10.2. The summed E-state index contributed by atoms with van der Waals surface area (Å²) in [6, 6.07) is 0. The number of hydrogen-bond acceptors (Lipinski definition) is 4. The van der Waals surface area contributed by atoms with Crippen LogP contribution in [0.4, 0.5) is 0 Å². The van der Waals surface area contributed by atoms with Crippen LogP contribution in [-0.2, 0) is 4.74 Å². The lowest BCUT2D eigenvalue weighted by molar-refractivity contribution is 0.0936. The van der Waals surface area contributed by atoms with E-state index in [-0.39, 0.29) is 22.5 Å². The number of halogens is 1. The first-order valence-corrected chi connectivity index (χ1v) is 7.32. The van der Waals surface area contributed by atoms with Crippen LogP contribution in [0.2, 0.25) is 5.02 Å². The number of carbonyl (C=O) groups excluding carboxylic acids is 1. The summed E-state index contributed by atoms with van der Waals surface area (Å²) in [7, 11) is 0. The van der Waals surface area contributed by atoms with Crippen molar-refractivity contribution in [3.05, 3.63) is 22.7 Å². The van der Waals surface area contributed by atoms with E-state index in [1.54, 1.807) is 0 Å². The molecule has 0 aliphatic carbocycles. The molecule has 1 aromatic rings. The van der Waals surface area contributed by atoms with Gasteiger partial charge in [-0.15, -0.1) is 0 Å². The topological polar surface area (TPSA) is 64.1 Å². The van der Waals surface area contributed by atoms with Gasteiger partial charge in [-0.05, 0) is 12.8 Å². The largest absolute Gasteiger partial charge is 0.381 e. The molecule has 0 unspecified atom stereocenters. The van der Waals surface area contributed by atoms with Crippen molar-refractivity contribution in [3.8, 4) is 0 Å². The van der Waals surface area contributed by atoms with Crippen LogP contribution >= 0.6 is 11.6 Å². The SMILES string of the molecule is CCCOCCCNC(=O)c1nc(C(C)C)ncc1Cl. The highest BCUT2D eigenvalue weighted by Crippen LogP contribution is 2.16. The molecule has 1 N–H and O–H groups in total. The van der Waals surface area contributed by atoms with Crippen molar-refractivity contribution >= 4 is 17.5 Å². The van der Waals surface area contributed by atoms with Gasteiger partial charge in [0.15, 0.2) is 0 Å². The minimum absolute atomic E-state index is 0.154. The summed E-state index contributed by atoms with van der Waals surface area (Å²) in [6.07, 6.45) is 3.25. The smallest absolute Gasteiger partial charge is 0.271 e.